The lowest BCUT2D eigenvalue weighted by Crippen LogP contribution is -2.32. The Morgan fingerprint density at radius 3 is 2.44 bits per heavy atom. The highest BCUT2D eigenvalue weighted by molar-refractivity contribution is 7.89. The monoisotopic (exact) mass is 363 g/mol. The fourth-order valence-electron chi connectivity index (χ4n) is 2.35. The summed E-state index contributed by atoms with van der Waals surface area (Å²) in [7, 11) is -2.32. The molecule has 0 bridgehead atoms. The number of carbonyl (C=O) groups excluding carboxylic acids is 1. The molecule has 134 valence electrons. The van der Waals surface area contributed by atoms with E-state index in [1.54, 1.807) is 38.1 Å². The minimum atomic E-state index is -3.84. The van der Waals surface area contributed by atoms with Gasteiger partial charge in [-0.1, -0.05) is 12.1 Å². The minimum absolute atomic E-state index is 0.106. The van der Waals surface area contributed by atoms with E-state index in [4.69, 9.17) is 9.47 Å². The van der Waals surface area contributed by atoms with Gasteiger partial charge in [0.05, 0.1) is 12.0 Å². The third-order valence-corrected chi connectivity index (χ3v) is 5.15. The molecule has 0 aliphatic rings. The molecule has 0 amide bonds. The molecule has 0 saturated carbocycles. The van der Waals surface area contributed by atoms with Crippen molar-refractivity contribution < 1.29 is 22.7 Å². The number of hydrogen-bond acceptors (Lipinski definition) is 5. The summed E-state index contributed by atoms with van der Waals surface area (Å²) in [5, 5.41) is 0. The SMILES string of the molecule is COc1cc(C)c(S(=O)(=O)NCC(=O)Oc2cccc(C)c2)cc1C. The molecule has 2 aromatic rings. The zero-order valence-corrected chi connectivity index (χ0v) is 15.4. The van der Waals surface area contributed by atoms with E-state index in [9.17, 15) is 13.2 Å². The fraction of sp³-hybridized carbons (Fsp3) is 0.278. The molecular formula is C18H21NO5S. The average Bonchev–Trinajstić information content (AvgIpc) is 2.54. The molecule has 0 saturated heterocycles. The number of carbonyl (C=O) groups is 1. The van der Waals surface area contributed by atoms with Crippen LogP contribution in [0.5, 0.6) is 11.5 Å². The number of aryl methyl sites for hydroxylation is 3. The van der Waals surface area contributed by atoms with E-state index in [0.717, 1.165) is 5.56 Å². The van der Waals surface area contributed by atoms with Gasteiger partial charge < -0.3 is 9.47 Å². The van der Waals surface area contributed by atoms with Crippen molar-refractivity contribution in [2.75, 3.05) is 13.7 Å². The Hall–Kier alpha value is -2.38. The quantitative estimate of drug-likeness (QED) is 0.630. The van der Waals surface area contributed by atoms with Gasteiger partial charge in [0.15, 0.2) is 0 Å². The van der Waals surface area contributed by atoms with E-state index in [1.165, 1.54) is 13.2 Å². The van der Waals surface area contributed by atoms with Crippen molar-refractivity contribution >= 4 is 16.0 Å². The summed E-state index contributed by atoms with van der Waals surface area (Å²) in [6.45, 7) is 4.83. The summed E-state index contributed by atoms with van der Waals surface area (Å²) in [5.41, 5.74) is 2.16. The second kappa shape index (κ2) is 7.67. The molecular weight excluding hydrogens is 342 g/mol. The molecule has 7 heteroatoms. The largest absolute Gasteiger partial charge is 0.496 e. The Morgan fingerprint density at radius 1 is 1.08 bits per heavy atom. The highest BCUT2D eigenvalue weighted by Gasteiger charge is 2.20. The van der Waals surface area contributed by atoms with Crippen molar-refractivity contribution in [3.8, 4) is 11.5 Å². The van der Waals surface area contributed by atoms with E-state index in [2.05, 4.69) is 4.72 Å². The first kappa shape index (κ1) is 19.0. The van der Waals surface area contributed by atoms with Crippen LogP contribution in [-0.2, 0) is 14.8 Å². The Bertz CT molecular complexity index is 890. The summed E-state index contributed by atoms with van der Waals surface area (Å²) < 4.78 is 37.5. The van der Waals surface area contributed by atoms with Gasteiger partial charge in [-0.2, -0.15) is 4.72 Å². The molecule has 0 heterocycles. The lowest BCUT2D eigenvalue weighted by Gasteiger charge is -2.12. The van der Waals surface area contributed by atoms with Crippen LogP contribution in [0.1, 0.15) is 16.7 Å². The Kier molecular flexibility index (Phi) is 5.81. The molecule has 0 fully saturated rings. The van der Waals surface area contributed by atoms with Gasteiger partial charge in [0.2, 0.25) is 10.0 Å². The molecule has 6 nitrogen and oxygen atoms in total. The first-order valence-corrected chi connectivity index (χ1v) is 9.13. The third kappa shape index (κ3) is 4.80. The second-order valence-corrected chi connectivity index (χ2v) is 7.44. The number of rotatable bonds is 6. The van der Waals surface area contributed by atoms with Gasteiger partial charge in [-0.15, -0.1) is 0 Å². The normalized spacial score (nSPS) is 11.2. The van der Waals surface area contributed by atoms with Gasteiger partial charge >= 0.3 is 5.97 Å². The van der Waals surface area contributed by atoms with Gasteiger partial charge in [0.25, 0.3) is 0 Å². The van der Waals surface area contributed by atoms with E-state index in [-0.39, 0.29) is 4.90 Å². The maximum atomic E-state index is 12.5. The van der Waals surface area contributed by atoms with Crippen LogP contribution < -0.4 is 14.2 Å². The predicted octanol–water partition coefficient (Wildman–Crippen LogP) is 2.50. The van der Waals surface area contributed by atoms with Crippen LogP contribution in [0.3, 0.4) is 0 Å². The summed E-state index contributed by atoms with van der Waals surface area (Å²) in [4.78, 5) is 12.0. The van der Waals surface area contributed by atoms with Gasteiger partial charge in [0, 0.05) is 0 Å². The van der Waals surface area contributed by atoms with E-state index in [0.29, 0.717) is 22.6 Å². The zero-order chi connectivity index (χ0) is 18.6. The fourth-order valence-corrected chi connectivity index (χ4v) is 3.63. The highest BCUT2D eigenvalue weighted by Crippen LogP contribution is 2.25. The van der Waals surface area contributed by atoms with E-state index in [1.807, 2.05) is 13.0 Å². The molecule has 0 spiro atoms. The summed E-state index contributed by atoms with van der Waals surface area (Å²) >= 11 is 0. The van der Waals surface area contributed by atoms with E-state index < -0.39 is 22.5 Å². The maximum Gasteiger partial charge on any atom is 0.326 e. The van der Waals surface area contributed by atoms with Crippen molar-refractivity contribution in [1.29, 1.82) is 0 Å². The molecule has 0 unspecified atom stereocenters. The Balaban J connectivity index is 2.09. The zero-order valence-electron chi connectivity index (χ0n) is 14.6. The maximum absolute atomic E-state index is 12.5. The molecule has 0 atom stereocenters. The molecule has 2 aromatic carbocycles. The Labute approximate surface area is 147 Å². The van der Waals surface area contributed by atoms with Gasteiger partial charge in [-0.3, -0.25) is 4.79 Å². The van der Waals surface area contributed by atoms with Crippen molar-refractivity contribution in [1.82, 2.24) is 4.72 Å². The van der Waals surface area contributed by atoms with Gasteiger partial charge in [-0.25, -0.2) is 8.42 Å². The molecule has 0 aliphatic heterocycles. The first-order valence-electron chi connectivity index (χ1n) is 7.65. The molecule has 1 N–H and O–H groups in total. The van der Waals surface area contributed by atoms with Crippen molar-refractivity contribution in [2.45, 2.75) is 25.7 Å². The van der Waals surface area contributed by atoms with Crippen LogP contribution in [0.25, 0.3) is 0 Å². The molecule has 0 aliphatic carbocycles. The first-order chi connectivity index (χ1) is 11.7. The molecule has 25 heavy (non-hydrogen) atoms. The third-order valence-electron chi connectivity index (χ3n) is 3.61. The molecule has 0 aromatic heterocycles. The van der Waals surface area contributed by atoms with E-state index >= 15 is 0 Å². The van der Waals surface area contributed by atoms with Crippen molar-refractivity contribution in [2.24, 2.45) is 0 Å². The van der Waals surface area contributed by atoms with Crippen LogP contribution in [0.15, 0.2) is 41.3 Å². The lowest BCUT2D eigenvalue weighted by molar-refractivity contribution is -0.133. The van der Waals surface area contributed by atoms with Crippen LogP contribution in [0, 0.1) is 20.8 Å². The van der Waals surface area contributed by atoms with Crippen molar-refractivity contribution in [3.63, 3.8) is 0 Å². The number of nitrogens with one attached hydrogen (secondary N) is 1. The lowest BCUT2D eigenvalue weighted by atomic mass is 10.1. The highest BCUT2D eigenvalue weighted by atomic mass is 32.2. The standard InChI is InChI=1S/C18H21NO5S/c1-12-6-5-7-15(8-12)24-18(20)11-19-25(21,22)17-10-13(2)16(23-4)9-14(17)3/h5-10,19H,11H2,1-4H3. The predicted molar refractivity (Wildman–Crippen MR) is 94.5 cm³/mol. The van der Waals surface area contributed by atoms with Crippen LogP contribution in [0.2, 0.25) is 0 Å². The van der Waals surface area contributed by atoms with Crippen molar-refractivity contribution in [3.05, 3.63) is 53.1 Å². The number of esters is 1. The van der Waals surface area contributed by atoms with Crippen LogP contribution in [-0.4, -0.2) is 28.0 Å². The summed E-state index contributed by atoms with van der Waals surface area (Å²) in [6, 6.07) is 10.1. The number of hydrogen-bond donors (Lipinski definition) is 1. The van der Waals surface area contributed by atoms with Crippen LogP contribution >= 0.6 is 0 Å². The smallest absolute Gasteiger partial charge is 0.326 e. The molecule has 2 rings (SSSR count). The summed E-state index contributed by atoms with van der Waals surface area (Å²) in [6.07, 6.45) is 0. The molecule has 0 radical (unpaired) electrons. The second-order valence-electron chi connectivity index (χ2n) is 5.70. The van der Waals surface area contributed by atoms with Crippen LogP contribution in [0.4, 0.5) is 0 Å². The van der Waals surface area contributed by atoms with Gasteiger partial charge in [0.1, 0.15) is 18.0 Å². The minimum Gasteiger partial charge on any atom is -0.496 e. The van der Waals surface area contributed by atoms with Gasteiger partial charge in [-0.05, 0) is 61.7 Å². The Morgan fingerprint density at radius 2 is 1.80 bits per heavy atom. The topological polar surface area (TPSA) is 81.7 Å². The number of methoxy groups -OCH3 is 1. The number of ether oxygens (including phenoxy) is 2. The average molecular weight is 363 g/mol. The number of sulfonamides is 1. The summed E-state index contributed by atoms with van der Waals surface area (Å²) in [5.74, 6) is 0.299. The number of benzene rings is 2.